The van der Waals surface area contributed by atoms with Gasteiger partial charge in [-0.1, -0.05) is 42.5 Å². The quantitative estimate of drug-likeness (QED) is 0.148. The Labute approximate surface area is 208 Å². The van der Waals surface area contributed by atoms with Crippen molar-refractivity contribution in [3.63, 3.8) is 0 Å². The molecule has 0 spiro atoms. The van der Waals surface area contributed by atoms with Crippen molar-refractivity contribution >= 4 is 17.8 Å². The van der Waals surface area contributed by atoms with Crippen LogP contribution in [-0.2, 0) is 30.3 Å². The lowest BCUT2D eigenvalue weighted by atomic mass is 9.98. The van der Waals surface area contributed by atoms with Gasteiger partial charge in [-0.05, 0) is 37.7 Å². The van der Waals surface area contributed by atoms with E-state index in [4.69, 9.17) is 14.6 Å². The molecule has 0 heterocycles. The number of hydrogen-bond donors (Lipinski definition) is 3. The summed E-state index contributed by atoms with van der Waals surface area (Å²) in [5.74, 6) is -1.46. The van der Waals surface area contributed by atoms with E-state index in [-0.39, 0.29) is 50.6 Å². The van der Waals surface area contributed by atoms with E-state index in [2.05, 4.69) is 23.8 Å². The third-order valence-electron chi connectivity index (χ3n) is 5.21. The zero-order valence-electron chi connectivity index (χ0n) is 20.6. The first kappa shape index (κ1) is 30.1. The van der Waals surface area contributed by atoms with Gasteiger partial charge in [-0.2, -0.15) is 0 Å². The molecule has 8 heteroatoms. The first-order chi connectivity index (χ1) is 17.0. The number of aliphatic hydroxyl groups excluding tert-OH is 1. The molecule has 3 N–H and O–H groups in total. The van der Waals surface area contributed by atoms with Crippen molar-refractivity contribution in [3.8, 4) is 0 Å². The summed E-state index contributed by atoms with van der Waals surface area (Å²) in [6, 6.07) is 9.20. The highest BCUT2D eigenvalue weighted by Crippen LogP contribution is 2.12. The summed E-state index contributed by atoms with van der Waals surface area (Å²) in [7, 11) is 0. The summed E-state index contributed by atoms with van der Waals surface area (Å²) in [6.07, 6.45) is 7.03. The van der Waals surface area contributed by atoms with Gasteiger partial charge in [0.25, 0.3) is 0 Å². The third-order valence-corrected chi connectivity index (χ3v) is 5.21. The standard InChI is InChI=1S/C27H40N2O6/c1-3-5-6-10-14-26(32)35-21-24(19-22-12-8-7-9-13-22)29-27(33)23(11-4-2)20-25(31)28-15-17-34-18-16-30/h3-4,7-9,12-13,23-24,30H,1-2,5-6,10-11,14-21H2,(H,28,31)(H,29,33). The van der Waals surface area contributed by atoms with Gasteiger partial charge < -0.3 is 25.2 Å². The second kappa shape index (κ2) is 19.3. The molecule has 0 aliphatic carbocycles. The number of rotatable bonds is 20. The zero-order valence-corrected chi connectivity index (χ0v) is 20.6. The van der Waals surface area contributed by atoms with Gasteiger partial charge in [-0.3, -0.25) is 14.4 Å². The minimum atomic E-state index is -0.598. The van der Waals surface area contributed by atoms with Crippen LogP contribution in [-0.4, -0.2) is 61.9 Å². The average molecular weight is 489 g/mol. The van der Waals surface area contributed by atoms with E-state index in [0.717, 1.165) is 24.8 Å². The fourth-order valence-electron chi connectivity index (χ4n) is 3.40. The molecular weight excluding hydrogens is 448 g/mol. The summed E-state index contributed by atoms with van der Waals surface area (Å²) < 4.78 is 10.6. The lowest BCUT2D eigenvalue weighted by Crippen LogP contribution is -2.44. The summed E-state index contributed by atoms with van der Waals surface area (Å²) >= 11 is 0. The van der Waals surface area contributed by atoms with Crippen LogP contribution in [0, 0.1) is 5.92 Å². The van der Waals surface area contributed by atoms with Gasteiger partial charge in [0.1, 0.15) is 6.61 Å². The number of unbranched alkanes of at least 4 members (excludes halogenated alkanes) is 2. The third kappa shape index (κ3) is 14.8. The minimum Gasteiger partial charge on any atom is -0.463 e. The van der Waals surface area contributed by atoms with Crippen LogP contribution < -0.4 is 10.6 Å². The van der Waals surface area contributed by atoms with Crippen LogP contribution in [0.3, 0.4) is 0 Å². The van der Waals surface area contributed by atoms with Gasteiger partial charge in [-0.15, -0.1) is 13.2 Å². The van der Waals surface area contributed by atoms with Crippen molar-refractivity contribution in [2.24, 2.45) is 5.92 Å². The highest BCUT2D eigenvalue weighted by Gasteiger charge is 2.24. The summed E-state index contributed by atoms with van der Waals surface area (Å²) in [5.41, 5.74) is 1.00. The highest BCUT2D eigenvalue weighted by molar-refractivity contribution is 5.86. The second-order valence-corrected chi connectivity index (χ2v) is 8.22. The second-order valence-electron chi connectivity index (χ2n) is 8.22. The molecule has 2 unspecified atom stereocenters. The maximum Gasteiger partial charge on any atom is 0.305 e. The molecule has 0 saturated carbocycles. The zero-order chi connectivity index (χ0) is 25.7. The molecule has 35 heavy (non-hydrogen) atoms. The number of nitrogens with one attached hydrogen (secondary N) is 2. The van der Waals surface area contributed by atoms with Crippen LogP contribution in [0.5, 0.6) is 0 Å². The van der Waals surface area contributed by atoms with Gasteiger partial charge in [0, 0.05) is 19.4 Å². The predicted octanol–water partition coefficient (Wildman–Crippen LogP) is 2.71. The van der Waals surface area contributed by atoms with Crippen molar-refractivity contribution in [3.05, 3.63) is 61.2 Å². The smallest absolute Gasteiger partial charge is 0.305 e. The Morgan fingerprint density at radius 2 is 1.83 bits per heavy atom. The van der Waals surface area contributed by atoms with Crippen molar-refractivity contribution in [1.82, 2.24) is 10.6 Å². The maximum atomic E-state index is 13.0. The van der Waals surface area contributed by atoms with Crippen LogP contribution in [0.4, 0.5) is 0 Å². The van der Waals surface area contributed by atoms with Gasteiger partial charge in [0.2, 0.25) is 11.8 Å². The predicted molar refractivity (Wildman–Crippen MR) is 136 cm³/mol. The number of hydrogen-bond acceptors (Lipinski definition) is 6. The molecule has 0 fully saturated rings. The van der Waals surface area contributed by atoms with Crippen molar-refractivity contribution in [2.45, 2.75) is 51.0 Å². The van der Waals surface area contributed by atoms with Gasteiger partial charge in [0.15, 0.2) is 0 Å². The number of carbonyl (C=O) groups excluding carboxylic acids is 3. The Morgan fingerprint density at radius 3 is 2.51 bits per heavy atom. The molecule has 0 radical (unpaired) electrons. The van der Waals surface area contributed by atoms with E-state index < -0.39 is 12.0 Å². The minimum absolute atomic E-state index is 0.000991. The van der Waals surface area contributed by atoms with E-state index >= 15 is 0 Å². The van der Waals surface area contributed by atoms with Crippen LogP contribution in [0.2, 0.25) is 0 Å². The van der Waals surface area contributed by atoms with Crippen molar-refractivity contribution < 1.29 is 29.0 Å². The molecule has 1 aromatic carbocycles. The lowest BCUT2D eigenvalue weighted by molar-refractivity contribution is -0.145. The van der Waals surface area contributed by atoms with E-state index in [1.54, 1.807) is 6.08 Å². The Balaban J connectivity index is 2.68. The Kier molecular flexibility index (Phi) is 16.6. The largest absolute Gasteiger partial charge is 0.463 e. The molecule has 1 rings (SSSR count). The molecule has 8 nitrogen and oxygen atoms in total. The Morgan fingerprint density at radius 1 is 1.06 bits per heavy atom. The van der Waals surface area contributed by atoms with Gasteiger partial charge in [-0.25, -0.2) is 0 Å². The van der Waals surface area contributed by atoms with Crippen molar-refractivity contribution in [1.29, 1.82) is 0 Å². The monoisotopic (exact) mass is 488 g/mol. The van der Waals surface area contributed by atoms with Crippen LogP contribution in [0.25, 0.3) is 0 Å². The molecule has 2 atom stereocenters. The molecule has 0 bridgehead atoms. The number of benzene rings is 1. The molecule has 0 aromatic heterocycles. The fourth-order valence-corrected chi connectivity index (χ4v) is 3.40. The summed E-state index contributed by atoms with van der Waals surface area (Å²) in [6.45, 7) is 8.13. The van der Waals surface area contributed by atoms with E-state index in [0.29, 0.717) is 25.8 Å². The molecule has 0 aliphatic heterocycles. The lowest BCUT2D eigenvalue weighted by Gasteiger charge is -2.22. The van der Waals surface area contributed by atoms with Gasteiger partial charge in [0.05, 0.1) is 31.8 Å². The number of esters is 1. The van der Waals surface area contributed by atoms with Crippen LogP contribution in [0.1, 0.15) is 44.1 Å². The molecular formula is C27H40N2O6. The van der Waals surface area contributed by atoms with Crippen LogP contribution in [0.15, 0.2) is 55.6 Å². The maximum absolute atomic E-state index is 13.0. The molecule has 0 aliphatic rings. The number of carbonyl (C=O) groups is 3. The first-order valence-corrected chi connectivity index (χ1v) is 12.2. The number of amides is 2. The first-order valence-electron chi connectivity index (χ1n) is 12.2. The van der Waals surface area contributed by atoms with Crippen LogP contribution >= 0.6 is 0 Å². The van der Waals surface area contributed by atoms with Crippen molar-refractivity contribution in [2.75, 3.05) is 33.0 Å². The fraction of sp³-hybridized carbons (Fsp3) is 0.519. The summed E-state index contributed by atoms with van der Waals surface area (Å²) in [5, 5.41) is 14.4. The van der Waals surface area contributed by atoms with Gasteiger partial charge >= 0.3 is 5.97 Å². The SMILES string of the molecule is C=CCCCCC(=O)OCC(Cc1ccccc1)NC(=O)C(CC=C)CC(=O)NCCOCCO. The average Bonchev–Trinajstić information content (AvgIpc) is 2.85. The highest BCUT2D eigenvalue weighted by atomic mass is 16.5. The van der Waals surface area contributed by atoms with E-state index in [1.807, 2.05) is 36.4 Å². The molecule has 2 amide bonds. The number of aliphatic hydroxyl groups is 1. The Bertz CT molecular complexity index is 768. The Hall–Kier alpha value is -2.97. The molecule has 0 saturated heterocycles. The summed E-state index contributed by atoms with van der Waals surface area (Å²) in [4.78, 5) is 37.5. The number of allylic oxidation sites excluding steroid dienone is 2. The molecule has 194 valence electrons. The van der Waals surface area contributed by atoms with E-state index in [9.17, 15) is 14.4 Å². The number of ether oxygens (including phenoxy) is 2. The van der Waals surface area contributed by atoms with E-state index in [1.165, 1.54) is 0 Å². The topological polar surface area (TPSA) is 114 Å². The normalized spacial score (nSPS) is 12.3. The molecule has 1 aromatic rings.